The Morgan fingerprint density at radius 2 is 1.38 bits per heavy atom. The molecule has 6 rings (SSSR count). The van der Waals surface area contributed by atoms with E-state index in [1.54, 1.807) is 12.1 Å². The predicted octanol–water partition coefficient (Wildman–Crippen LogP) is 5.36. The van der Waals surface area contributed by atoms with Gasteiger partial charge in [0, 0.05) is 45.3 Å². The number of benzene rings is 3. The summed E-state index contributed by atoms with van der Waals surface area (Å²) in [4.78, 5) is 67.6. The first-order valence-electron chi connectivity index (χ1n) is 13.1. The van der Waals surface area contributed by atoms with Gasteiger partial charge in [0.15, 0.2) is 0 Å². The first-order chi connectivity index (χ1) is 19.2. The lowest BCUT2D eigenvalue weighted by Crippen LogP contribution is -2.41. The van der Waals surface area contributed by atoms with Crippen LogP contribution in [0.1, 0.15) is 66.2 Å². The van der Waals surface area contributed by atoms with Gasteiger partial charge in [-0.1, -0.05) is 39.0 Å². The summed E-state index contributed by atoms with van der Waals surface area (Å²) in [6, 6.07) is 8.22. The highest BCUT2D eigenvalue weighted by atomic mass is 16.6. The lowest BCUT2D eigenvalue weighted by atomic mass is 9.90. The number of carbonyl (C=O) groups is 2. The molecule has 0 atom stereocenters. The van der Waals surface area contributed by atoms with E-state index in [1.807, 2.05) is 0 Å². The van der Waals surface area contributed by atoms with Gasteiger partial charge in [0.25, 0.3) is 17.4 Å². The Morgan fingerprint density at radius 3 is 2.02 bits per heavy atom. The summed E-state index contributed by atoms with van der Waals surface area (Å²) in [7, 11) is 0. The van der Waals surface area contributed by atoms with E-state index in [-0.39, 0.29) is 22.1 Å². The summed E-state index contributed by atoms with van der Waals surface area (Å²) in [6.45, 7) is 2.45. The van der Waals surface area contributed by atoms with Crippen molar-refractivity contribution in [2.24, 2.45) is 0 Å². The van der Waals surface area contributed by atoms with E-state index in [9.17, 15) is 34.6 Å². The summed E-state index contributed by atoms with van der Waals surface area (Å²) in [6.07, 6.45) is 6.06. The van der Waals surface area contributed by atoms with Crippen LogP contribution in [0.4, 0.5) is 11.4 Å². The van der Waals surface area contributed by atoms with Gasteiger partial charge >= 0.3 is 11.4 Å². The molecule has 3 heterocycles. The van der Waals surface area contributed by atoms with Crippen molar-refractivity contribution < 1.29 is 19.4 Å². The fourth-order valence-electron chi connectivity index (χ4n) is 5.75. The van der Waals surface area contributed by atoms with Gasteiger partial charge in [0.2, 0.25) is 0 Å². The van der Waals surface area contributed by atoms with Crippen LogP contribution in [-0.2, 0) is 0 Å². The van der Waals surface area contributed by atoms with Gasteiger partial charge in [-0.05, 0) is 30.7 Å². The second kappa shape index (κ2) is 9.33. The van der Waals surface area contributed by atoms with E-state index < -0.39 is 38.6 Å². The summed E-state index contributed by atoms with van der Waals surface area (Å²) in [5, 5.41) is 24.4. The van der Waals surface area contributed by atoms with Crippen molar-refractivity contribution in [2.75, 3.05) is 6.54 Å². The molecule has 2 amide bonds. The predicted molar refractivity (Wildman–Crippen MR) is 147 cm³/mol. The number of amides is 2. The Balaban J connectivity index is 1.53. The SMILES string of the molecule is CCCCCCCCN1C(=O)c2ccc3c(=O)n4c5cc([N+](=O)[O-])c([N+](=O)[O-])cc5nc4c4ccc(c2c34)C1=O. The molecule has 0 fully saturated rings. The number of nitro benzene ring substituents is 2. The van der Waals surface area contributed by atoms with E-state index in [0.717, 1.165) is 44.2 Å². The zero-order valence-corrected chi connectivity index (χ0v) is 21.5. The molecule has 3 aromatic carbocycles. The number of imidazole rings is 1. The summed E-state index contributed by atoms with van der Waals surface area (Å²) < 4.78 is 1.18. The maximum absolute atomic E-state index is 13.7. The van der Waals surface area contributed by atoms with Gasteiger partial charge in [-0.3, -0.25) is 43.9 Å². The average molecular weight is 542 g/mol. The molecular weight excluding hydrogens is 518 g/mol. The molecular formula is C28H23N5O7. The van der Waals surface area contributed by atoms with Crippen LogP contribution in [0.25, 0.3) is 38.2 Å². The summed E-state index contributed by atoms with van der Waals surface area (Å²) >= 11 is 0. The van der Waals surface area contributed by atoms with Crippen LogP contribution in [0, 0.1) is 20.2 Å². The van der Waals surface area contributed by atoms with E-state index in [1.165, 1.54) is 21.4 Å². The molecule has 0 saturated carbocycles. The lowest BCUT2D eigenvalue weighted by Gasteiger charge is -2.28. The van der Waals surface area contributed by atoms with Crippen molar-refractivity contribution >= 4 is 61.4 Å². The van der Waals surface area contributed by atoms with Crippen LogP contribution in [0.5, 0.6) is 0 Å². The topological polar surface area (TPSA) is 158 Å². The molecule has 2 aromatic heterocycles. The summed E-state index contributed by atoms with van der Waals surface area (Å²) in [5.41, 5.74) is -1.23. The van der Waals surface area contributed by atoms with Crippen molar-refractivity contribution in [2.45, 2.75) is 45.4 Å². The number of nitro groups is 2. The van der Waals surface area contributed by atoms with Crippen molar-refractivity contribution in [1.82, 2.24) is 14.3 Å². The van der Waals surface area contributed by atoms with Crippen LogP contribution in [0.2, 0.25) is 0 Å². The number of fused-ring (bicyclic) bond motifs is 4. The fraction of sp³-hybridized carbons (Fsp3) is 0.286. The molecule has 0 aliphatic carbocycles. The largest absolute Gasteiger partial charge is 0.348 e. The molecule has 0 N–H and O–H groups in total. The van der Waals surface area contributed by atoms with Crippen LogP contribution >= 0.6 is 0 Å². The van der Waals surface area contributed by atoms with Crippen LogP contribution in [-0.4, -0.2) is 42.5 Å². The normalized spacial score (nSPS) is 13.4. The molecule has 5 aromatic rings. The Bertz CT molecular complexity index is 1960. The number of rotatable bonds is 9. The standard InChI is InChI=1S/C28H23N5O7/c1-2-3-4-5-6-7-12-30-26(34)16-9-8-15-23-18(11-10-17(24(16)23)27(30)35)28(36)31-20-14-22(33(39)40)21(32(37)38)13-19(20)29-25(15)31/h8-11,13-14H,2-7,12H2,1H3. The molecule has 0 unspecified atom stereocenters. The smallest absolute Gasteiger partial charge is 0.274 e. The molecule has 0 spiro atoms. The molecule has 12 heteroatoms. The Kier molecular flexibility index (Phi) is 5.90. The van der Waals surface area contributed by atoms with Crippen molar-refractivity contribution in [3.05, 3.63) is 78.1 Å². The van der Waals surface area contributed by atoms with E-state index in [4.69, 9.17) is 0 Å². The fourth-order valence-corrected chi connectivity index (χ4v) is 5.75. The zero-order chi connectivity index (χ0) is 28.3. The minimum absolute atomic E-state index is 0.0373. The van der Waals surface area contributed by atoms with Gasteiger partial charge in [-0.25, -0.2) is 4.98 Å². The molecule has 1 aliphatic rings. The molecule has 0 bridgehead atoms. The molecule has 0 saturated heterocycles. The highest BCUT2D eigenvalue weighted by molar-refractivity contribution is 6.31. The Hall–Kier alpha value is -5.00. The second-order valence-electron chi connectivity index (χ2n) is 10.0. The lowest BCUT2D eigenvalue weighted by molar-refractivity contribution is -0.422. The third kappa shape index (κ3) is 3.59. The van der Waals surface area contributed by atoms with Crippen molar-refractivity contribution in [3.63, 3.8) is 0 Å². The van der Waals surface area contributed by atoms with Crippen LogP contribution in [0.3, 0.4) is 0 Å². The zero-order valence-electron chi connectivity index (χ0n) is 21.5. The molecule has 12 nitrogen and oxygen atoms in total. The first-order valence-corrected chi connectivity index (χ1v) is 13.1. The van der Waals surface area contributed by atoms with Gasteiger partial charge < -0.3 is 0 Å². The second-order valence-corrected chi connectivity index (χ2v) is 10.0. The maximum atomic E-state index is 13.7. The maximum Gasteiger partial charge on any atom is 0.348 e. The number of pyridine rings is 1. The third-order valence-electron chi connectivity index (χ3n) is 7.67. The van der Waals surface area contributed by atoms with Gasteiger partial charge in [0.1, 0.15) is 5.65 Å². The number of imide groups is 1. The minimum Gasteiger partial charge on any atom is -0.274 e. The highest BCUT2D eigenvalue weighted by Gasteiger charge is 2.35. The van der Waals surface area contributed by atoms with E-state index >= 15 is 0 Å². The quantitative estimate of drug-likeness (QED) is 0.104. The first kappa shape index (κ1) is 25.3. The molecule has 202 valence electrons. The van der Waals surface area contributed by atoms with Gasteiger partial charge in [0.05, 0.1) is 26.9 Å². The minimum atomic E-state index is -0.877. The van der Waals surface area contributed by atoms with Gasteiger partial charge in [-0.15, -0.1) is 0 Å². The Morgan fingerprint density at radius 1 is 0.775 bits per heavy atom. The van der Waals surface area contributed by atoms with Crippen LogP contribution < -0.4 is 5.56 Å². The molecule has 1 aliphatic heterocycles. The monoisotopic (exact) mass is 541 g/mol. The number of hydrogen-bond acceptors (Lipinski definition) is 8. The van der Waals surface area contributed by atoms with Crippen LogP contribution in [0.15, 0.2) is 41.2 Å². The number of nitrogens with zero attached hydrogens (tertiary/aromatic N) is 5. The molecule has 0 radical (unpaired) electrons. The number of unbranched alkanes of at least 4 members (excludes halogenated alkanes) is 5. The van der Waals surface area contributed by atoms with Crippen molar-refractivity contribution in [1.29, 1.82) is 0 Å². The van der Waals surface area contributed by atoms with E-state index in [0.29, 0.717) is 40.3 Å². The summed E-state index contributed by atoms with van der Waals surface area (Å²) in [5.74, 6) is -0.847. The number of carbonyl (C=O) groups excluding carboxylic acids is 2. The number of hydrogen-bond donors (Lipinski definition) is 0. The third-order valence-corrected chi connectivity index (χ3v) is 7.67. The number of aromatic nitrogens is 2. The van der Waals surface area contributed by atoms with E-state index in [2.05, 4.69) is 11.9 Å². The Labute approximate surface area is 225 Å². The average Bonchev–Trinajstić information content (AvgIpc) is 3.32. The van der Waals surface area contributed by atoms with Gasteiger partial charge in [-0.2, -0.15) is 0 Å². The highest BCUT2D eigenvalue weighted by Crippen LogP contribution is 2.38. The molecule has 40 heavy (non-hydrogen) atoms. The van der Waals surface area contributed by atoms with Crippen molar-refractivity contribution in [3.8, 4) is 0 Å².